The number of halogens is 2. The van der Waals surface area contributed by atoms with E-state index >= 15 is 0 Å². The van der Waals surface area contributed by atoms with Gasteiger partial charge in [-0.2, -0.15) is 0 Å². The molecule has 0 heterocycles. The van der Waals surface area contributed by atoms with E-state index in [1.165, 1.54) is 12.1 Å². The van der Waals surface area contributed by atoms with Crippen LogP contribution in [0.2, 0.25) is 0 Å². The first-order valence-corrected chi connectivity index (χ1v) is 5.75. The second-order valence-electron chi connectivity index (χ2n) is 4.38. The van der Waals surface area contributed by atoms with E-state index in [-0.39, 0.29) is 24.1 Å². The van der Waals surface area contributed by atoms with E-state index in [2.05, 4.69) is 5.32 Å². The maximum Gasteiger partial charge on any atom is 0.263 e. The second kappa shape index (κ2) is 6.67. The van der Waals surface area contributed by atoms with Gasteiger partial charge in [-0.15, -0.1) is 0 Å². The minimum absolute atomic E-state index is 0.0483. The minimum Gasteiger partial charge on any atom is -0.396 e. The molecule has 0 spiro atoms. The molecule has 2 nitrogen and oxygen atoms in total. The summed E-state index contributed by atoms with van der Waals surface area (Å²) in [6.45, 7) is 4.56. The molecule has 0 aromatic heterocycles. The molecule has 1 aromatic rings. The van der Waals surface area contributed by atoms with Crippen molar-refractivity contribution in [2.75, 3.05) is 6.61 Å². The lowest BCUT2D eigenvalue weighted by molar-refractivity contribution is 0.151. The van der Waals surface area contributed by atoms with E-state index in [9.17, 15) is 8.78 Å². The molecular weight excluding hydrogens is 224 g/mol. The highest BCUT2D eigenvalue weighted by atomic mass is 19.3. The molecule has 0 aliphatic heterocycles. The smallest absolute Gasteiger partial charge is 0.263 e. The van der Waals surface area contributed by atoms with Crippen LogP contribution in [0.25, 0.3) is 0 Å². The van der Waals surface area contributed by atoms with Crippen molar-refractivity contribution in [1.29, 1.82) is 0 Å². The highest BCUT2D eigenvalue weighted by Gasteiger charge is 2.11. The van der Waals surface area contributed by atoms with Gasteiger partial charge >= 0.3 is 0 Å². The maximum atomic E-state index is 12.5. The van der Waals surface area contributed by atoms with E-state index in [1.807, 2.05) is 19.9 Å². The van der Waals surface area contributed by atoms with Crippen molar-refractivity contribution in [1.82, 2.24) is 5.32 Å². The number of alkyl halides is 2. The highest BCUT2D eigenvalue weighted by Crippen LogP contribution is 2.19. The van der Waals surface area contributed by atoms with Gasteiger partial charge in [0.2, 0.25) is 0 Å². The standard InChI is InChI=1S/C13H19F2NO/c1-9(8-17)10(2)16-7-11-4-3-5-12(6-11)13(14)15/h3-6,9-10,13,16-17H,7-8H2,1-2H3. The number of aliphatic hydroxyl groups is 1. The summed E-state index contributed by atoms with van der Waals surface area (Å²) in [4.78, 5) is 0. The lowest BCUT2D eigenvalue weighted by Crippen LogP contribution is -2.33. The second-order valence-corrected chi connectivity index (χ2v) is 4.38. The Morgan fingerprint density at radius 2 is 2.00 bits per heavy atom. The van der Waals surface area contributed by atoms with Crippen LogP contribution in [-0.4, -0.2) is 17.8 Å². The molecule has 17 heavy (non-hydrogen) atoms. The van der Waals surface area contributed by atoms with Crippen molar-refractivity contribution in [3.63, 3.8) is 0 Å². The van der Waals surface area contributed by atoms with Crippen molar-refractivity contribution >= 4 is 0 Å². The minimum atomic E-state index is -2.43. The third kappa shape index (κ3) is 4.40. The zero-order valence-electron chi connectivity index (χ0n) is 10.2. The first-order valence-electron chi connectivity index (χ1n) is 5.75. The normalized spacial score (nSPS) is 14.9. The van der Waals surface area contributed by atoms with Gasteiger partial charge in [-0.3, -0.25) is 0 Å². The molecule has 0 fully saturated rings. The molecule has 0 saturated carbocycles. The van der Waals surface area contributed by atoms with Gasteiger partial charge in [0.05, 0.1) is 0 Å². The van der Waals surface area contributed by atoms with E-state index in [0.717, 1.165) is 5.56 Å². The van der Waals surface area contributed by atoms with E-state index < -0.39 is 6.43 Å². The SMILES string of the molecule is CC(CO)C(C)NCc1cccc(C(F)F)c1. The van der Waals surface area contributed by atoms with Crippen molar-refractivity contribution in [2.24, 2.45) is 5.92 Å². The molecule has 1 rings (SSSR count). The molecule has 2 unspecified atom stereocenters. The van der Waals surface area contributed by atoms with Crippen LogP contribution in [0.4, 0.5) is 8.78 Å². The van der Waals surface area contributed by atoms with Crippen molar-refractivity contribution in [3.05, 3.63) is 35.4 Å². The molecule has 0 saturated heterocycles. The number of rotatable bonds is 6. The first-order chi connectivity index (χ1) is 8.04. The molecule has 0 aliphatic carbocycles. The fraction of sp³-hybridized carbons (Fsp3) is 0.538. The van der Waals surface area contributed by atoms with Crippen LogP contribution >= 0.6 is 0 Å². The Morgan fingerprint density at radius 3 is 2.59 bits per heavy atom. The molecule has 0 amide bonds. The van der Waals surface area contributed by atoms with E-state index in [0.29, 0.717) is 6.54 Å². The Morgan fingerprint density at radius 1 is 1.29 bits per heavy atom. The molecule has 0 aliphatic rings. The summed E-state index contributed by atoms with van der Waals surface area (Å²) in [6.07, 6.45) is -2.43. The van der Waals surface area contributed by atoms with Crippen LogP contribution in [0.5, 0.6) is 0 Å². The predicted octanol–water partition coefficient (Wildman–Crippen LogP) is 2.73. The molecule has 96 valence electrons. The molecule has 0 bridgehead atoms. The fourth-order valence-corrected chi connectivity index (χ4v) is 1.48. The van der Waals surface area contributed by atoms with Gasteiger partial charge in [0.25, 0.3) is 6.43 Å². The predicted molar refractivity (Wildman–Crippen MR) is 64.0 cm³/mol. The van der Waals surface area contributed by atoms with Crippen LogP contribution in [-0.2, 0) is 6.54 Å². The summed E-state index contributed by atoms with van der Waals surface area (Å²) in [5.74, 6) is 0.147. The monoisotopic (exact) mass is 243 g/mol. The van der Waals surface area contributed by atoms with Gasteiger partial charge in [0.1, 0.15) is 0 Å². The Hall–Kier alpha value is -1.00. The quantitative estimate of drug-likeness (QED) is 0.805. The van der Waals surface area contributed by atoms with Gasteiger partial charge in [0, 0.05) is 24.8 Å². The molecule has 1 aromatic carbocycles. The molecule has 2 N–H and O–H groups in total. The molecular formula is C13H19F2NO. The number of hydrogen-bond acceptors (Lipinski definition) is 2. The Labute approximate surface area is 101 Å². The number of nitrogens with one attached hydrogen (secondary N) is 1. The van der Waals surface area contributed by atoms with Gasteiger partial charge < -0.3 is 10.4 Å². The van der Waals surface area contributed by atoms with E-state index in [1.54, 1.807) is 6.07 Å². The summed E-state index contributed by atoms with van der Waals surface area (Å²) in [5.41, 5.74) is 0.881. The van der Waals surface area contributed by atoms with Crippen molar-refractivity contribution in [3.8, 4) is 0 Å². The largest absolute Gasteiger partial charge is 0.396 e. The van der Waals surface area contributed by atoms with Crippen molar-refractivity contribution < 1.29 is 13.9 Å². The average molecular weight is 243 g/mol. The van der Waals surface area contributed by atoms with Gasteiger partial charge in [0.15, 0.2) is 0 Å². The summed E-state index contributed by atoms with van der Waals surface area (Å²) >= 11 is 0. The maximum absolute atomic E-state index is 12.5. The van der Waals surface area contributed by atoms with Gasteiger partial charge in [-0.05, 0) is 24.5 Å². The summed E-state index contributed by atoms with van der Waals surface area (Å²) in [6, 6.07) is 6.53. The van der Waals surface area contributed by atoms with Gasteiger partial charge in [-0.25, -0.2) is 8.78 Å². The first kappa shape index (κ1) is 14.1. The van der Waals surface area contributed by atoms with Gasteiger partial charge in [-0.1, -0.05) is 25.1 Å². The average Bonchev–Trinajstić information content (AvgIpc) is 2.35. The zero-order chi connectivity index (χ0) is 12.8. The van der Waals surface area contributed by atoms with Crippen LogP contribution in [0.3, 0.4) is 0 Å². The number of aliphatic hydroxyl groups excluding tert-OH is 1. The Balaban J connectivity index is 2.54. The summed E-state index contributed by atoms with van der Waals surface area (Å²) < 4.78 is 25.0. The molecule has 4 heteroatoms. The topological polar surface area (TPSA) is 32.3 Å². The molecule has 2 atom stereocenters. The lowest BCUT2D eigenvalue weighted by Gasteiger charge is -2.19. The lowest BCUT2D eigenvalue weighted by atomic mass is 10.0. The number of hydrogen-bond donors (Lipinski definition) is 2. The highest BCUT2D eigenvalue weighted by molar-refractivity contribution is 5.24. The van der Waals surface area contributed by atoms with Crippen LogP contribution < -0.4 is 5.32 Å². The number of benzene rings is 1. The Bertz CT molecular complexity index is 344. The Kier molecular flexibility index (Phi) is 5.51. The third-order valence-corrected chi connectivity index (χ3v) is 2.97. The van der Waals surface area contributed by atoms with Crippen LogP contribution in [0, 0.1) is 5.92 Å². The van der Waals surface area contributed by atoms with Crippen LogP contribution in [0.15, 0.2) is 24.3 Å². The van der Waals surface area contributed by atoms with Crippen molar-refractivity contribution in [2.45, 2.75) is 32.9 Å². The van der Waals surface area contributed by atoms with Crippen LogP contribution in [0.1, 0.15) is 31.4 Å². The summed E-state index contributed by atoms with van der Waals surface area (Å²) in [5, 5.41) is 12.2. The fourth-order valence-electron chi connectivity index (χ4n) is 1.48. The zero-order valence-corrected chi connectivity index (χ0v) is 10.2. The van der Waals surface area contributed by atoms with E-state index in [4.69, 9.17) is 5.11 Å². The summed E-state index contributed by atoms with van der Waals surface area (Å²) in [7, 11) is 0. The molecule has 0 radical (unpaired) electrons. The third-order valence-electron chi connectivity index (χ3n) is 2.97.